The molecule has 0 heterocycles. The summed E-state index contributed by atoms with van der Waals surface area (Å²) in [5, 5.41) is 6.72. The molecule has 214 valence electrons. The van der Waals surface area contributed by atoms with E-state index < -0.39 is 11.9 Å². The maximum Gasteiger partial charge on any atom is 0.347 e. The molecule has 0 aliphatic rings. The number of esters is 1. The fraction of sp³-hybridized carbons (Fsp3) is 0.152. The molecular formula is C33H30ClN3O5. The number of nitrogens with two attached hydrogens (primary N) is 2. The van der Waals surface area contributed by atoms with E-state index in [4.69, 9.17) is 37.3 Å². The molecule has 8 nitrogen and oxygen atoms in total. The van der Waals surface area contributed by atoms with E-state index >= 15 is 0 Å². The van der Waals surface area contributed by atoms with Crippen LogP contribution in [-0.2, 0) is 0 Å². The number of ether oxygens (including phenoxy) is 3. The van der Waals surface area contributed by atoms with E-state index in [1.54, 1.807) is 30.3 Å². The second kappa shape index (κ2) is 13.4. The van der Waals surface area contributed by atoms with Crippen LogP contribution in [-0.4, -0.2) is 38.2 Å². The maximum absolute atomic E-state index is 13.6. The van der Waals surface area contributed by atoms with E-state index in [9.17, 15) is 9.59 Å². The lowest BCUT2D eigenvalue weighted by Crippen LogP contribution is -2.17. The molecule has 0 aliphatic heterocycles. The summed E-state index contributed by atoms with van der Waals surface area (Å²) < 4.78 is 17.5. The Hall–Kier alpha value is -4.63. The summed E-state index contributed by atoms with van der Waals surface area (Å²) in [6.07, 6.45) is 0.636. The molecule has 42 heavy (non-hydrogen) atoms. The van der Waals surface area contributed by atoms with Crippen molar-refractivity contribution in [1.82, 2.24) is 0 Å². The molecule has 5 aromatic rings. The summed E-state index contributed by atoms with van der Waals surface area (Å²) in [4.78, 5) is 27.1. The van der Waals surface area contributed by atoms with Crippen molar-refractivity contribution in [2.75, 3.05) is 31.6 Å². The van der Waals surface area contributed by atoms with Crippen LogP contribution in [0.3, 0.4) is 0 Å². The minimum Gasteiger partial charge on any atom is -0.493 e. The number of halogens is 1. The lowest BCUT2D eigenvalue weighted by Gasteiger charge is -2.16. The molecule has 0 fully saturated rings. The number of anilines is 1. The summed E-state index contributed by atoms with van der Waals surface area (Å²) in [5.74, 6) is -0.287. The second-order valence-electron chi connectivity index (χ2n) is 9.50. The van der Waals surface area contributed by atoms with Crippen LogP contribution in [0.1, 0.15) is 27.1 Å². The van der Waals surface area contributed by atoms with Crippen LogP contribution in [0.25, 0.3) is 21.5 Å². The average molecular weight is 584 g/mol. The molecule has 5 aromatic carbocycles. The van der Waals surface area contributed by atoms with Crippen LogP contribution in [0.5, 0.6) is 17.2 Å². The van der Waals surface area contributed by atoms with Gasteiger partial charge in [-0.1, -0.05) is 60.1 Å². The summed E-state index contributed by atoms with van der Waals surface area (Å²) in [6, 6.07) is 27.0. The predicted octanol–water partition coefficient (Wildman–Crippen LogP) is 6.18. The molecular weight excluding hydrogens is 554 g/mol. The number of amides is 1. The molecule has 0 saturated carbocycles. The van der Waals surface area contributed by atoms with Gasteiger partial charge in [0.1, 0.15) is 23.7 Å². The van der Waals surface area contributed by atoms with Gasteiger partial charge < -0.3 is 31.0 Å². The Balaban J connectivity index is 1.46. The normalized spacial score (nSPS) is 10.9. The highest BCUT2D eigenvalue weighted by Gasteiger charge is 2.21. The Bertz CT molecular complexity index is 1760. The SMILES string of the molecule is NCCCOc1cc2ccccc2cc1C(=O)Nc1ccc(Cl)cc1OC(=O)c1cc2ccccc2cc1OCCN. The Morgan fingerprint density at radius 3 is 1.86 bits per heavy atom. The molecule has 0 atom stereocenters. The van der Waals surface area contributed by atoms with E-state index in [0.29, 0.717) is 41.7 Å². The number of nitrogens with one attached hydrogen (secondary N) is 1. The summed E-state index contributed by atoms with van der Waals surface area (Å²) in [5.41, 5.74) is 12.1. The van der Waals surface area contributed by atoms with E-state index in [1.807, 2.05) is 54.6 Å². The number of carbonyl (C=O) groups excluding carboxylic acids is 2. The van der Waals surface area contributed by atoms with Crippen LogP contribution >= 0.6 is 11.6 Å². The van der Waals surface area contributed by atoms with E-state index in [-0.39, 0.29) is 30.2 Å². The second-order valence-corrected chi connectivity index (χ2v) is 9.94. The van der Waals surface area contributed by atoms with Crippen molar-refractivity contribution in [1.29, 1.82) is 0 Å². The van der Waals surface area contributed by atoms with Gasteiger partial charge in [-0.2, -0.15) is 0 Å². The maximum atomic E-state index is 13.6. The average Bonchev–Trinajstić information content (AvgIpc) is 3.00. The first-order chi connectivity index (χ1) is 20.5. The molecule has 9 heteroatoms. The number of fused-ring (bicyclic) bond motifs is 2. The molecule has 5 rings (SSSR count). The minimum absolute atomic E-state index is 0.0742. The van der Waals surface area contributed by atoms with Crippen LogP contribution in [0, 0.1) is 0 Å². The zero-order valence-corrected chi connectivity index (χ0v) is 23.5. The van der Waals surface area contributed by atoms with Gasteiger partial charge in [-0.15, -0.1) is 0 Å². The van der Waals surface area contributed by atoms with Gasteiger partial charge in [-0.3, -0.25) is 4.79 Å². The van der Waals surface area contributed by atoms with Crippen molar-refractivity contribution in [3.05, 3.63) is 107 Å². The zero-order chi connectivity index (χ0) is 29.5. The number of carbonyl (C=O) groups is 2. The summed E-state index contributed by atoms with van der Waals surface area (Å²) in [6.45, 7) is 1.32. The van der Waals surface area contributed by atoms with Crippen LogP contribution < -0.4 is 31.0 Å². The van der Waals surface area contributed by atoms with Crippen molar-refractivity contribution in [3.8, 4) is 17.2 Å². The third kappa shape index (κ3) is 6.63. The molecule has 5 N–H and O–H groups in total. The van der Waals surface area contributed by atoms with Gasteiger partial charge in [0.2, 0.25) is 0 Å². The van der Waals surface area contributed by atoms with Crippen molar-refractivity contribution in [2.45, 2.75) is 6.42 Å². The fourth-order valence-corrected chi connectivity index (χ4v) is 4.64. The van der Waals surface area contributed by atoms with Crippen molar-refractivity contribution in [3.63, 3.8) is 0 Å². The van der Waals surface area contributed by atoms with Crippen LogP contribution in [0.2, 0.25) is 5.02 Å². The van der Waals surface area contributed by atoms with Crippen LogP contribution in [0.4, 0.5) is 5.69 Å². The zero-order valence-electron chi connectivity index (χ0n) is 22.8. The lowest BCUT2D eigenvalue weighted by molar-refractivity contribution is 0.0730. The fourth-order valence-electron chi connectivity index (χ4n) is 4.48. The summed E-state index contributed by atoms with van der Waals surface area (Å²) >= 11 is 6.27. The molecule has 0 saturated heterocycles. The quantitative estimate of drug-likeness (QED) is 0.0962. The van der Waals surface area contributed by atoms with E-state index in [0.717, 1.165) is 21.5 Å². The van der Waals surface area contributed by atoms with Crippen LogP contribution in [0.15, 0.2) is 91.0 Å². The molecule has 1 amide bonds. The van der Waals surface area contributed by atoms with Gasteiger partial charge in [0.25, 0.3) is 5.91 Å². The topological polar surface area (TPSA) is 126 Å². The first-order valence-electron chi connectivity index (χ1n) is 13.5. The minimum atomic E-state index is -0.679. The van der Waals surface area contributed by atoms with Gasteiger partial charge in [0, 0.05) is 17.6 Å². The molecule has 0 bridgehead atoms. The van der Waals surface area contributed by atoms with E-state index in [2.05, 4.69) is 5.32 Å². The number of benzene rings is 5. The first-order valence-corrected chi connectivity index (χ1v) is 13.9. The molecule has 0 aliphatic carbocycles. The Labute approximate surface area is 248 Å². The van der Waals surface area contributed by atoms with Gasteiger partial charge in [-0.25, -0.2) is 4.79 Å². The number of rotatable bonds is 11. The molecule has 0 radical (unpaired) electrons. The Kier molecular flexibility index (Phi) is 9.18. The monoisotopic (exact) mass is 583 g/mol. The lowest BCUT2D eigenvalue weighted by atomic mass is 10.0. The molecule has 0 unspecified atom stereocenters. The van der Waals surface area contributed by atoms with Gasteiger partial charge in [0.15, 0.2) is 5.75 Å². The Morgan fingerprint density at radius 1 is 0.667 bits per heavy atom. The predicted molar refractivity (Wildman–Crippen MR) is 166 cm³/mol. The molecule has 0 spiro atoms. The van der Waals surface area contributed by atoms with Gasteiger partial charge in [0.05, 0.1) is 17.9 Å². The third-order valence-electron chi connectivity index (χ3n) is 6.54. The number of hydrogen-bond donors (Lipinski definition) is 3. The number of hydrogen-bond acceptors (Lipinski definition) is 7. The highest BCUT2D eigenvalue weighted by molar-refractivity contribution is 6.31. The smallest absolute Gasteiger partial charge is 0.347 e. The first kappa shape index (κ1) is 28.9. The third-order valence-corrected chi connectivity index (χ3v) is 6.77. The van der Waals surface area contributed by atoms with E-state index in [1.165, 1.54) is 6.07 Å². The summed E-state index contributed by atoms with van der Waals surface area (Å²) in [7, 11) is 0. The highest BCUT2D eigenvalue weighted by atomic mass is 35.5. The standard InChI is InChI=1S/C33H30ClN3O5/c34-25-10-11-28(37-32(38)26-16-21-6-1-3-8-23(21)18-29(26)40-14-5-12-35)31(20-25)42-33(39)27-17-22-7-2-4-9-24(22)19-30(27)41-15-13-36/h1-4,6-11,16-20H,5,12-15,35-36H2,(H,37,38). The largest absolute Gasteiger partial charge is 0.493 e. The van der Waals surface area contributed by atoms with Crippen molar-refractivity contribution >= 4 is 50.7 Å². The van der Waals surface area contributed by atoms with Gasteiger partial charge in [-0.05, 0) is 70.9 Å². The van der Waals surface area contributed by atoms with Crippen molar-refractivity contribution < 1.29 is 23.8 Å². The van der Waals surface area contributed by atoms with Crippen molar-refractivity contribution in [2.24, 2.45) is 11.5 Å². The highest BCUT2D eigenvalue weighted by Crippen LogP contribution is 2.33. The molecule has 0 aromatic heterocycles. The van der Waals surface area contributed by atoms with Gasteiger partial charge >= 0.3 is 5.97 Å². The Morgan fingerprint density at radius 2 is 1.24 bits per heavy atom.